The third-order valence-electron chi connectivity index (χ3n) is 12.5. The number of morpholine rings is 1. The molecule has 8 atom stereocenters. The molecule has 1 aromatic rings. The highest BCUT2D eigenvalue weighted by Gasteiger charge is 2.67. The summed E-state index contributed by atoms with van der Waals surface area (Å²) in [6, 6.07) is 3.59. The number of hydrogen-bond donors (Lipinski definition) is 2. The van der Waals surface area contributed by atoms with E-state index >= 15 is 0 Å². The van der Waals surface area contributed by atoms with Gasteiger partial charge in [0.25, 0.3) is 0 Å². The number of aliphatic hydroxyl groups is 2. The maximum absolute atomic E-state index is 13.4. The molecule has 2 heterocycles. The van der Waals surface area contributed by atoms with Crippen molar-refractivity contribution in [2.24, 2.45) is 28.6 Å². The minimum atomic E-state index is -0.710. The zero-order valence-corrected chi connectivity index (χ0v) is 24.4. The van der Waals surface area contributed by atoms with Crippen LogP contribution in [0, 0.1) is 28.6 Å². The second kappa shape index (κ2) is 10.8. The van der Waals surface area contributed by atoms with Crippen molar-refractivity contribution in [3.63, 3.8) is 0 Å². The molecule has 40 heavy (non-hydrogen) atoms. The fraction of sp³-hybridized carbons (Fsp3) is 0.812. The molecule has 1 aliphatic heterocycles. The average Bonchev–Trinajstić information content (AvgIpc) is 3.23. The van der Waals surface area contributed by atoms with E-state index in [1.54, 1.807) is 6.26 Å². The summed E-state index contributed by atoms with van der Waals surface area (Å²) in [6.45, 7) is 8.48. The molecule has 222 valence electrons. The van der Waals surface area contributed by atoms with Crippen LogP contribution in [0.25, 0.3) is 0 Å². The molecule has 0 radical (unpaired) electrons. The molecule has 0 aromatic carbocycles. The predicted octanol–water partition coefficient (Wildman–Crippen LogP) is 3.40. The number of carbonyl (C=O) groups is 1. The van der Waals surface area contributed by atoms with Crippen molar-refractivity contribution in [3.05, 3.63) is 34.4 Å². The fourth-order valence-corrected chi connectivity index (χ4v) is 10.2. The zero-order valence-electron chi connectivity index (χ0n) is 24.4. The number of nitrogens with zero attached hydrogens (tertiary/aromatic N) is 2. The van der Waals surface area contributed by atoms with Crippen LogP contribution < -0.4 is 5.63 Å². The van der Waals surface area contributed by atoms with E-state index in [0.29, 0.717) is 38.1 Å². The first-order chi connectivity index (χ1) is 19.2. The van der Waals surface area contributed by atoms with Crippen molar-refractivity contribution < 1.29 is 24.2 Å². The van der Waals surface area contributed by atoms with Crippen molar-refractivity contribution in [2.75, 3.05) is 46.0 Å². The molecule has 5 fully saturated rings. The summed E-state index contributed by atoms with van der Waals surface area (Å²) < 4.78 is 10.7. The van der Waals surface area contributed by atoms with Crippen molar-refractivity contribution in [1.29, 1.82) is 0 Å². The predicted molar refractivity (Wildman–Crippen MR) is 151 cm³/mol. The molecule has 4 saturated carbocycles. The lowest BCUT2D eigenvalue weighted by molar-refractivity contribution is -0.204. The highest BCUT2D eigenvalue weighted by Crippen LogP contribution is 2.70. The van der Waals surface area contributed by atoms with Gasteiger partial charge in [-0.1, -0.05) is 13.8 Å². The largest absolute Gasteiger partial charge is 0.431 e. The van der Waals surface area contributed by atoms with E-state index < -0.39 is 5.60 Å². The molecule has 1 amide bonds. The third kappa shape index (κ3) is 4.58. The number of amides is 1. The first-order valence-corrected chi connectivity index (χ1v) is 15.7. The molecule has 5 aliphatic rings. The molecule has 4 aliphatic carbocycles. The third-order valence-corrected chi connectivity index (χ3v) is 12.5. The number of aliphatic hydroxyl groups excluding tert-OH is 1. The van der Waals surface area contributed by atoms with Gasteiger partial charge in [0, 0.05) is 37.2 Å². The van der Waals surface area contributed by atoms with Crippen molar-refractivity contribution in [1.82, 2.24) is 9.80 Å². The summed E-state index contributed by atoms with van der Waals surface area (Å²) in [5.41, 5.74) is -0.0564. The number of hydrogen-bond acceptors (Lipinski definition) is 7. The van der Waals surface area contributed by atoms with E-state index in [-0.39, 0.29) is 46.8 Å². The van der Waals surface area contributed by atoms with Crippen LogP contribution in [0.3, 0.4) is 0 Å². The van der Waals surface area contributed by atoms with Crippen LogP contribution in [-0.2, 0) is 9.53 Å². The smallest absolute Gasteiger partial charge is 0.335 e. The summed E-state index contributed by atoms with van der Waals surface area (Å²) in [7, 11) is 0. The van der Waals surface area contributed by atoms with Crippen LogP contribution in [0.2, 0.25) is 0 Å². The summed E-state index contributed by atoms with van der Waals surface area (Å²) in [6.07, 6.45) is 10.6. The Hall–Kier alpha value is -1.74. The van der Waals surface area contributed by atoms with E-state index in [9.17, 15) is 19.8 Å². The molecular formula is C32H48N2O6. The van der Waals surface area contributed by atoms with Gasteiger partial charge in [0.2, 0.25) is 5.91 Å². The Morgan fingerprint density at radius 2 is 1.85 bits per heavy atom. The Morgan fingerprint density at radius 3 is 2.58 bits per heavy atom. The van der Waals surface area contributed by atoms with E-state index in [0.717, 1.165) is 76.4 Å². The molecule has 1 saturated heterocycles. The van der Waals surface area contributed by atoms with Gasteiger partial charge in [-0.25, -0.2) is 4.79 Å². The SMILES string of the molecule is C[C@]12CC[C@H](N(CCO)C(=O)CN3CCOCC3)C[C@H]1CC[C@@H]1[C@@H]2CC[C@]2(C)[C@@H](c3ccc(=O)oc3)CC[C@]12O. The van der Waals surface area contributed by atoms with E-state index in [1.807, 2.05) is 11.0 Å². The molecule has 1 aromatic heterocycles. The Morgan fingerprint density at radius 1 is 1.05 bits per heavy atom. The number of fused-ring (bicyclic) bond motifs is 5. The maximum atomic E-state index is 13.4. The van der Waals surface area contributed by atoms with Crippen LogP contribution in [-0.4, -0.2) is 83.6 Å². The van der Waals surface area contributed by atoms with Crippen LogP contribution >= 0.6 is 0 Å². The van der Waals surface area contributed by atoms with Gasteiger partial charge in [0.05, 0.1) is 38.2 Å². The quantitative estimate of drug-likeness (QED) is 0.554. The normalized spacial score (nSPS) is 41.5. The van der Waals surface area contributed by atoms with Crippen LogP contribution in [0.1, 0.15) is 83.1 Å². The lowest BCUT2D eigenvalue weighted by Crippen LogP contribution is -2.62. The first kappa shape index (κ1) is 28.4. The van der Waals surface area contributed by atoms with Gasteiger partial charge >= 0.3 is 5.63 Å². The summed E-state index contributed by atoms with van der Waals surface area (Å²) in [5.74, 6) is 1.62. The minimum Gasteiger partial charge on any atom is -0.431 e. The lowest BCUT2D eigenvalue weighted by atomic mass is 9.43. The first-order valence-electron chi connectivity index (χ1n) is 15.7. The Kier molecular flexibility index (Phi) is 7.68. The number of rotatable bonds is 6. The van der Waals surface area contributed by atoms with Gasteiger partial charge in [-0.3, -0.25) is 9.69 Å². The highest BCUT2D eigenvalue weighted by atomic mass is 16.5. The van der Waals surface area contributed by atoms with Gasteiger partial charge in [-0.15, -0.1) is 0 Å². The summed E-state index contributed by atoms with van der Waals surface area (Å²) in [5, 5.41) is 22.3. The zero-order chi connectivity index (χ0) is 28.1. The molecule has 8 nitrogen and oxygen atoms in total. The molecule has 6 rings (SSSR count). The molecule has 8 heteroatoms. The van der Waals surface area contributed by atoms with Crippen LogP contribution in [0.5, 0.6) is 0 Å². The van der Waals surface area contributed by atoms with E-state index in [2.05, 4.69) is 18.7 Å². The van der Waals surface area contributed by atoms with Gasteiger partial charge in [-0.05, 0) is 98.5 Å². The number of carbonyl (C=O) groups excluding carboxylic acids is 1. The fourth-order valence-electron chi connectivity index (χ4n) is 10.2. The highest BCUT2D eigenvalue weighted by molar-refractivity contribution is 5.78. The van der Waals surface area contributed by atoms with Gasteiger partial charge < -0.3 is 24.3 Å². The summed E-state index contributed by atoms with van der Waals surface area (Å²) in [4.78, 5) is 29.2. The van der Waals surface area contributed by atoms with Gasteiger partial charge in [0.15, 0.2) is 0 Å². The van der Waals surface area contributed by atoms with Gasteiger partial charge in [0.1, 0.15) is 0 Å². The standard InChI is InChI=1S/C32H48N2O6/c1-30-10-7-24(34(13-16-35)28(36)20-33-14-17-39-18-15-33)19-23(30)4-5-27-26(30)8-11-31(2)25(9-12-32(27,31)38)22-3-6-29(37)40-21-22/h3,6,21,23-27,35,38H,4-5,7-20H2,1-2H3/t23-,24+,25-,26+,27-,30+,31-,32+/m1/s1. The number of ether oxygens (including phenoxy) is 1. The monoisotopic (exact) mass is 556 g/mol. The molecule has 2 N–H and O–H groups in total. The molecule has 0 unspecified atom stereocenters. The van der Waals surface area contributed by atoms with Crippen molar-refractivity contribution in [3.8, 4) is 0 Å². The van der Waals surface area contributed by atoms with Crippen molar-refractivity contribution in [2.45, 2.75) is 89.2 Å². The Balaban J connectivity index is 1.17. The average molecular weight is 557 g/mol. The van der Waals surface area contributed by atoms with Crippen molar-refractivity contribution >= 4 is 5.91 Å². The molecule has 0 spiro atoms. The Bertz CT molecular complexity index is 1110. The molecule has 0 bridgehead atoms. The van der Waals surface area contributed by atoms with Crippen LogP contribution in [0.4, 0.5) is 0 Å². The minimum absolute atomic E-state index is 0.00438. The van der Waals surface area contributed by atoms with E-state index in [4.69, 9.17) is 9.15 Å². The second-order valence-corrected chi connectivity index (χ2v) is 14.0. The molecular weight excluding hydrogens is 508 g/mol. The van der Waals surface area contributed by atoms with Crippen LogP contribution in [0.15, 0.2) is 27.6 Å². The maximum Gasteiger partial charge on any atom is 0.335 e. The van der Waals surface area contributed by atoms with Gasteiger partial charge in [-0.2, -0.15) is 0 Å². The second-order valence-electron chi connectivity index (χ2n) is 14.0. The Labute approximate surface area is 238 Å². The van der Waals surface area contributed by atoms with E-state index in [1.165, 1.54) is 6.07 Å². The summed E-state index contributed by atoms with van der Waals surface area (Å²) >= 11 is 0. The lowest BCUT2D eigenvalue weighted by Gasteiger charge is -2.64. The topological polar surface area (TPSA) is 103 Å².